The second kappa shape index (κ2) is 4.03. The van der Waals surface area contributed by atoms with E-state index >= 15 is 0 Å². The van der Waals surface area contributed by atoms with Crippen molar-refractivity contribution >= 4 is 16.5 Å². The van der Waals surface area contributed by atoms with E-state index in [4.69, 9.17) is 5.73 Å². The summed E-state index contributed by atoms with van der Waals surface area (Å²) < 4.78 is 37.9. The summed E-state index contributed by atoms with van der Waals surface area (Å²) in [6, 6.07) is 3.85. The SMILES string of the molecule is Cc1cc(-c2csc(N)n2)cc(C(F)(F)F)c1. The molecule has 0 spiro atoms. The zero-order chi connectivity index (χ0) is 12.6. The van der Waals surface area contributed by atoms with Gasteiger partial charge in [-0.05, 0) is 30.7 Å². The van der Waals surface area contributed by atoms with Gasteiger partial charge in [-0.1, -0.05) is 0 Å². The number of thiazole rings is 1. The topological polar surface area (TPSA) is 38.9 Å². The Morgan fingerprint density at radius 2 is 1.94 bits per heavy atom. The van der Waals surface area contributed by atoms with Gasteiger partial charge in [0.25, 0.3) is 0 Å². The van der Waals surface area contributed by atoms with Crippen LogP contribution in [0.2, 0.25) is 0 Å². The average molecular weight is 258 g/mol. The molecule has 0 radical (unpaired) electrons. The molecule has 0 saturated carbocycles. The third kappa shape index (κ3) is 2.58. The van der Waals surface area contributed by atoms with Gasteiger partial charge in [-0.25, -0.2) is 4.98 Å². The van der Waals surface area contributed by atoms with Gasteiger partial charge in [0.05, 0.1) is 11.3 Å². The van der Waals surface area contributed by atoms with Crippen molar-refractivity contribution in [1.82, 2.24) is 4.98 Å². The van der Waals surface area contributed by atoms with Crippen molar-refractivity contribution in [2.24, 2.45) is 0 Å². The minimum Gasteiger partial charge on any atom is -0.375 e. The van der Waals surface area contributed by atoms with Crippen LogP contribution in [0.25, 0.3) is 11.3 Å². The second-order valence-electron chi connectivity index (χ2n) is 3.66. The number of nitrogens with zero attached hydrogens (tertiary/aromatic N) is 1. The Morgan fingerprint density at radius 3 is 2.47 bits per heavy atom. The third-order valence-electron chi connectivity index (χ3n) is 2.22. The van der Waals surface area contributed by atoms with Gasteiger partial charge in [0.2, 0.25) is 0 Å². The number of alkyl halides is 3. The summed E-state index contributed by atoms with van der Waals surface area (Å²) in [6.07, 6.45) is -4.34. The van der Waals surface area contributed by atoms with E-state index in [1.807, 2.05) is 0 Å². The fraction of sp³-hybridized carbons (Fsp3) is 0.182. The van der Waals surface area contributed by atoms with E-state index in [1.165, 1.54) is 11.3 Å². The fourth-order valence-electron chi connectivity index (χ4n) is 1.51. The molecule has 2 N–H and O–H groups in total. The Morgan fingerprint density at radius 1 is 1.24 bits per heavy atom. The number of hydrogen-bond acceptors (Lipinski definition) is 3. The highest BCUT2D eigenvalue weighted by molar-refractivity contribution is 7.13. The van der Waals surface area contributed by atoms with Gasteiger partial charge in [0, 0.05) is 10.9 Å². The van der Waals surface area contributed by atoms with Crippen molar-refractivity contribution in [3.8, 4) is 11.3 Å². The quantitative estimate of drug-likeness (QED) is 0.846. The summed E-state index contributed by atoms with van der Waals surface area (Å²) in [7, 11) is 0. The lowest BCUT2D eigenvalue weighted by atomic mass is 10.0. The van der Waals surface area contributed by atoms with Crippen molar-refractivity contribution < 1.29 is 13.2 Å². The molecule has 0 unspecified atom stereocenters. The minimum absolute atomic E-state index is 0.343. The predicted molar refractivity (Wildman–Crippen MR) is 61.7 cm³/mol. The molecule has 0 saturated heterocycles. The Kier molecular flexibility index (Phi) is 2.82. The molecule has 0 aliphatic carbocycles. The lowest BCUT2D eigenvalue weighted by Crippen LogP contribution is -2.05. The van der Waals surface area contributed by atoms with E-state index in [0.717, 1.165) is 12.1 Å². The highest BCUT2D eigenvalue weighted by Crippen LogP contribution is 2.33. The molecule has 0 bridgehead atoms. The van der Waals surface area contributed by atoms with Crippen molar-refractivity contribution in [2.75, 3.05) is 5.73 Å². The number of benzene rings is 1. The van der Waals surface area contributed by atoms with E-state index in [2.05, 4.69) is 4.98 Å². The number of aryl methyl sites for hydroxylation is 1. The summed E-state index contributed by atoms with van der Waals surface area (Å²) in [4.78, 5) is 3.97. The molecule has 1 aromatic heterocycles. The number of rotatable bonds is 1. The molecule has 1 aromatic carbocycles. The third-order valence-corrected chi connectivity index (χ3v) is 2.90. The van der Waals surface area contributed by atoms with Crippen LogP contribution >= 0.6 is 11.3 Å². The lowest BCUT2D eigenvalue weighted by molar-refractivity contribution is -0.137. The van der Waals surface area contributed by atoms with Gasteiger partial charge in [0.1, 0.15) is 0 Å². The van der Waals surface area contributed by atoms with Gasteiger partial charge in [0.15, 0.2) is 5.13 Å². The van der Waals surface area contributed by atoms with Gasteiger partial charge < -0.3 is 5.73 Å². The zero-order valence-corrected chi connectivity index (χ0v) is 9.69. The maximum atomic E-state index is 12.6. The fourth-order valence-corrected chi connectivity index (χ4v) is 2.09. The number of aromatic nitrogens is 1. The first-order valence-electron chi connectivity index (χ1n) is 4.76. The van der Waals surface area contributed by atoms with Crippen LogP contribution in [-0.4, -0.2) is 4.98 Å². The van der Waals surface area contributed by atoms with Crippen molar-refractivity contribution in [3.05, 3.63) is 34.7 Å². The lowest BCUT2D eigenvalue weighted by Gasteiger charge is -2.09. The first kappa shape index (κ1) is 11.9. The maximum absolute atomic E-state index is 12.6. The maximum Gasteiger partial charge on any atom is 0.416 e. The average Bonchev–Trinajstić information content (AvgIpc) is 2.62. The second-order valence-corrected chi connectivity index (χ2v) is 4.55. The highest BCUT2D eigenvalue weighted by atomic mass is 32.1. The van der Waals surface area contributed by atoms with Crippen LogP contribution in [0.1, 0.15) is 11.1 Å². The number of nitrogens with two attached hydrogens (primary N) is 1. The molecule has 0 amide bonds. The van der Waals surface area contributed by atoms with Gasteiger partial charge in [-0.15, -0.1) is 11.3 Å². The molecule has 2 aromatic rings. The zero-order valence-electron chi connectivity index (χ0n) is 8.88. The van der Waals surface area contributed by atoms with E-state index in [0.29, 0.717) is 22.0 Å². The molecule has 6 heteroatoms. The Labute approximate surface area is 99.9 Å². The molecule has 90 valence electrons. The number of anilines is 1. The van der Waals surface area contributed by atoms with Crippen LogP contribution in [-0.2, 0) is 6.18 Å². The normalized spacial score (nSPS) is 11.8. The monoisotopic (exact) mass is 258 g/mol. The van der Waals surface area contributed by atoms with Crippen LogP contribution in [0.15, 0.2) is 23.6 Å². The molecule has 0 aliphatic heterocycles. The van der Waals surface area contributed by atoms with E-state index in [9.17, 15) is 13.2 Å². The first-order chi connectivity index (χ1) is 7.86. The Hall–Kier alpha value is -1.56. The van der Waals surface area contributed by atoms with Crippen molar-refractivity contribution in [2.45, 2.75) is 13.1 Å². The molecule has 2 nitrogen and oxygen atoms in total. The molecule has 0 fully saturated rings. The van der Waals surface area contributed by atoms with Crippen LogP contribution in [0.4, 0.5) is 18.3 Å². The summed E-state index contributed by atoms with van der Waals surface area (Å²) in [5, 5.41) is 1.99. The van der Waals surface area contributed by atoms with E-state index < -0.39 is 11.7 Å². The summed E-state index contributed by atoms with van der Waals surface area (Å²) in [6.45, 7) is 1.62. The first-order valence-corrected chi connectivity index (χ1v) is 5.64. The van der Waals surface area contributed by atoms with Crippen LogP contribution < -0.4 is 5.73 Å². The van der Waals surface area contributed by atoms with Crippen LogP contribution in [0.3, 0.4) is 0 Å². The van der Waals surface area contributed by atoms with Gasteiger partial charge in [-0.3, -0.25) is 0 Å². The predicted octanol–water partition coefficient (Wildman–Crippen LogP) is 3.72. The summed E-state index contributed by atoms with van der Waals surface area (Å²) >= 11 is 1.20. The van der Waals surface area contributed by atoms with E-state index in [1.54, 1.807) is 18.4 Å². The largest absolute Gasteiger partial charge is 0.416 e. The molecule has 0 atom stereocenters. The van der Waals surface area contributed by atoms with Gasteiger partial charge >= 0.3 is 6.18 Å². The number of nitrogen functional groups attached to an aromatic ring is 1. The van der Waals surface area contributed by atoms with Gasteiger partial charge in [-0.2, -0.15) is 13.2 Å². The summed E-state index contributed by atoms with van der Waals surface area (Å²) in [5.41, 5.74) is 6.25. The molecule has 0 aliphatic rings. The summed E-state index contributed by atoms with van der Waals surface area (Å²) in [5.74, 6) is 0. The molecule has 17 heavy (non-hydrogen) atoms. The van der Waals surface area contributed by atoms with Crippen molar-refractivity contribution in [3.63, 3.8) is 0 Å². The van der Waals surface area contributed by atoms with Crippen LogP contribution in [0, 0.1) is 6.92 Å². The Balaban J connectivity index is 2.52. The molecule has 2 rings (SSSR count). The van der Waals surface area contributed by atoms with Crippen molar-refractivity contribution in [1.29, 1.82) is 0 Å². The number of hydrogen-bond donors (Lipinski definition) is 1. The molecule has 1 heterocycles. The molecular formula is C11H9F3N2S. The Bertz CT molecular complexity index is 546. The smallest absolute Gasteiger partial charge is 0.375 e. The molecular weight excluding hydrogens is 249 g/mol. The standard InChI is InChI=1S/C11H9F3N2S/c1-6-2-7(9-5-17-10(15)16-9)4-8(3-6)11(12,13)14/h2-5H,1H3,(H2,15,16). The van der Waals surface area contributed by atoms with Crippen LogP contribution in [0.5, 0.6) is 0 Å². The highest BCUT2D eigenvalue weighted by Gasteiger charge is 2.31. The number of halogens is 3. The minimum atomic E-state index is -4.34. The van der Waals surface area contributed by atoms with E-state index in [-0.39, 0.29) is 0 Å².